The predicted octanol–water partition coefficient (Wildman–Crippen LogP) is -6.69. The largest absolute Gasteiger partial charge is 1.00 e. The zero-order valence-corrected chi connectivity index (χ0v) is 17.3. The number of nitrogens with one attached hydrogen (secondary N) is 1. The summed E-state index contributed by atoms with van der Waals surface area (Å²) < 4.78 is 22.0. The van der Waals surface area contributed by atoms with Crippen molar-refractivity contribution >= 4 is 15.2 Å². The van der Waals surface area contributed by atoms with Gasteiger partial charge in [-0.3, -0.25) is 9.88 Å². The standard InChI is InChI=1S/C9H17NO6P2.2Na/c11-17(12,13)9(18(14,15)16)10-8-5-6-3-1-2-4-7(6)8;;/h1-2,6-10H,3-5H2,(H2,11,12,13)(H2,14,15,16);;/q;2*+1/p-2. The minimum atomic E-state index is -5.37. The average Bonchev–Trinajstić information content (AvgIpc) is 2.15. The van der Waals surface area contributed by atoms with Gasteiger partial charge < -0.3 is 24.1 Å². The summed E-state index contributed by atoms with van der Waals surface area (Å²) in [5.41, 5.74) is -2.30. The molecular formula is C9H15NNa2O6P2. The molecule has 0 bridgehead atoms. The van der Waals surface area contributed by atoms with Crippen molar-refractivity contribution in [2.75, 3.05) is 0 Å². The van der Waals surface area contributed by atoms with E-state index in [2.05, 4.69) is 5.32 Å². The van der Waals surface area contributed by atoms with E-state index in [1.165, 1.54) is 0 Å². The fourth-order valence-corrected chi connectivity index (χ4v) is 4.95. The third-order valence-electron chi connectivity index (χ3n) is 3.67. The molecule has 2 aliphatic carbocycles. The molecule has 7 nitrogen and oxygen atoms in total. The van der Waals surface area contributed by atoms with Gasteiger partial charge in [-0.2, -0.15) is 0 Å². The number of hydrogen-bond donors (Lipinski definition) is 3. The zero-order chi connectivity index (χ0) is 13.6. The van der Waals surface area contributed by atoms with E-state index in [-0.39, 0.29) is 71.1 Å². The predicted molar refractivity (Wildman–Crippen MR) is 60.3 cm³/mol. The van der Waals surface area contributed by atoms with Crippen LogP contribution in [0.4, 0.5) is 0 Å². The molecule has 1 saturated carbocycles. The number of allylic oxidation sites excluding steroid dienone is 2. The summed E-state index contributed by atoms with van der Waals surface area (Å²) in [5.74, 6) is 0.582. The van der Waals surface area contributed by atoms with Gasteiger partial charge in [0.05, 0.1) is 0 Å². The second-order valence-corrected chi connectivity index (χ2v) is 8.58. The van der Waals surface area contributed by atoms with Gasteiger partial charge in [-0.25, -0.2) is 0 Å². The summed E-state index contributed by atoms with van der Waals surface area (Å²) in [6.07, 6.45) is 6.30. The van der Waals surface area contributed by atoms with Crippen molar-refractivity contribution in [1.29, 1.82) is 0 Å². The fourth-order valence-electron chi connectivity index (χ4n) is 2.72. The molecule has 4 unspecified atom stereocenters. The summed E-state index contributed by atoms with van der Waals surface area (Å²) in [4.78, 5) is 39.7. The monoisotopic (exact) mass is 341 g/mol. The topological polar surface area (TPSA) is 133 Å². The van der Waals surface area contributed by atoms with Crippen LogP contribution in [-0.4, -0.2) is 21.4 Å². The van der Waals surface area contributed by atoms with Crippen LogP contribution in [0, 0.1) is 11.8 Å². The molecule has 0 spiro atoms. The van der Waals surface area contributed by atoms with Gasteiger partial charge in [0.2, 0.25) is 0 Å². The van der Waals surface area contributed by atoms with Crippen molar-refractivity contribution in [3.8, 4) is 0 Å². The Balaban J connectivity index is 0.00000180. The summed E-state index contributed by atoms with van der Waals surface area (Å²) >= 11 is 0. The smallest absolute Gasteiger partial charge is 0.809 e. The Labute approximate surface area is 161 Å². The first-order valence-corrected chi connectivity index (χ1v) is 8.97. The number of hydrogen-bond acceptors (Lipinski definition) is 5. The van der Waals surface area contributed by atoms with Crippen molar-refractivity contribution in [2.24, 2.45) is 11.8 Å². The molecule has 3 N–H and O–H groups in total. The maximum atomic E-state index is 11.1. The van der Waals surface area contributed by atoms with Gasteiger partial charge in [0, 0.05) is 6.04 Å². The number of rotatable bonds is 4. The second-order valence-electron chi connectivity index (χ2n) is 4.88. The molecule has 2 rings (SSSR count). The van der Waals surface area contributed by atoms with Gasteiger partial charge in [-0.05, 0) is 38.7 Å². The molecule has 0 aromatic heterocycles. The molecule has 1 fully saturated rings. The maximum absolute atomic E-state index is 11.1. The Morgan fingerprint density at radius 2 is 1.70 bits per heavy atom. The molecule has 0 aromatic carbocycles. The van der Waals surface area contributed by atoms with E-state index in [0.717, 1.165) is 12.8 Å². The van der Waals surface area contributed by atoms with Crippen LogP contribution in [0.3, 0.4) is 0 Å². The van der Waals surface area contributed by atoms with E-state index < -0.39 is 20.7 Å². The van der Waals surface area contributed by atoms with Gasteiger partial charge in [-0.1, -0.05) is 12.2 Å². The summed E-state index contributed by atoms with van der Waals surface area (Å²) in [6.45, 7) is 0. The fraction of sp³-hybridized carbons (Fsp3) is 0.778. The Bertz CT molecular complexity index is 428. The molecule has 20 heavy (non-hydrogen) atoms. The zero-order valence-electron chi connectivity index (χ0n) is 11.5. The summed E-state index contributed by atoms with van der Waals surface area (Å²) in [6, 6.07) is -0.311. The molecule has 2 aliphatic rings. The Kier molecular flexibility index (Phi) is 9.02. The van der Waals surface area contributed by atoms with Crippen molar-refractivity contribution < 1.29 is 87.8 Å². The van der Waals surface area contributed by atoms with Crippen molar-refractivity contribution in [3.05, 3.63) is 12.2 Å². The Morgan fingerprint density at radius 1 is 1.15 bits per heavy atom. The van der Waals surface area contributed by atoms with E-state index in [0.29, 0.717) is 12.3 Å². The van der Waals surface area contributed by atoms with Crippen molar-refractivity contribution in [2.45, 2.75) is 30.8 Å². The van der Waals surface area contributed by atoms with Crippen molar-refractivity contribution in [1.82, 2.24) is 5.32 Å². The molecule has 4 atom stereocenters. The van der Waals surface area contributed by atoms with Crippen LogP contribution in [0.15, 0.2) is 12.2 Å². The van der Waals surface area contributed by atoms with Crippen LogP contribution in [0.2, 0.25) is 0 Å². The Hall–Kier alpha value is 2.00. The maximum Gasteiger partial charge on any atom is 1.00 e. The van der Waals surface area contributed by atoms with Gasteiger partial charge in [0.25, 0.3) is 0 Å². The molecule has 0 radical (unpaired) electrons. The van der Waals surface area contributed by atoms with Crippen LogP contribution in [0.5, 0.6) is 0 Å². The van der Waals surface area contributed by atoms with E-state index in [1.807, 2.05) is 12.2 Å². The third kappa shape index (κ3) is 5.27. The van der Waals surface area contributed by atoms with Crippen molar-refractivity contribution in [3.63, 3.8) is 0 Å². The van der Waals surface area contributed by atoms with E-state index in [1.54, 1.807) is 0 Å². The molecule has 0 heterocycles. The molecule has 11 heteroatoms. The van der Waals surface area contributed by atoms with E-state index in [4.69, 9.17) is 9.79 Å². The molecular weight excluding hydrogens is 326 g/mol. The first kappa shape index (κ1) is 22.0. The Morgan fingerprint density at radius 3 is 2.15 bits per heavy atom. The van der Waals surface area contributed by atoms with Gasteiger partial charge in [0.1, 0.15) is 5.52 Å². The number of fused-ring (bicyclic) bond motifs is 1. The first-order chi connectivity index (χ1) is 8.19. The van der Waals surface area contributed by atoms with Crippen LogP contribution < -0.4 is 74.2 Å². The second kappa shape index (κ2) is 8.20. The minimum absolute atomic E-state index is 0. The molecule has 0 aliphatic heterocycles. The first-order valence-electron chi connectivity index (χ1n) is 5.67. The quantitative estimate of drug-likeness (QED) is 0.263. The molecule has 0 saturated heterocycles. The normalized spacial score (nSPS) is 30.3. The molecule has 0 aromatic rings. The van der Waals surface area contributed by atoms with Gasteiger partial charge >= 0.3 is 66.7 Å². The van der Waals surface area contributed by atoms with Crippen LogP contribution in [0.25, 0.3) is 0 Å². The van der Waals surface area contributed by atoms with E-state index >= 15 is 0 Å². The average molecular weight is 341 g/mol. The summed E-state index contributed by atoms with van der Waals surface area (Å²) in [7, 11) is -10.4. The minimum Gasteiger partial charge on any atom is -0.809 e. The van der Waals surface area contributed by atoms with Gasteiger partial charge in [-0.15, -0.1) is 0 Å². The van der Waals surface area contributed by atoms with Crippen LogP contribution in [0.1, 0.15) is 19.3 Å². The van der Waals surface area contributed by atoms with Crippen LogP contribution in [-0.2, 0) is 9.13 Å². The molecule has 0 amide bonds. The van der Waals surface area contributed by atoms with E-state index in [9.17, 15) is 18.9 Å². The molecule has 104 valence electrons. The third-order valence-corrected chi connectivity index (χ3v) is 6.96. The SMILES string of the molecule is O=P([O-])([O-])C(NC1CC2CC=CCC21)P(=O)(O)O.[Na+].[Na+]. The van der Waals surface area contributed by atoms with Crippen LogP contribution >= 0.6 is 15.2 Å². The summed E-state index contributed by atoms with van der Waals surface area (Å²) in [5, 5.41) is 2.35. The van der Waals surface area contributed by atoms with Gasteiger partial charge in [0.15, 0.2) is 0 Å².